The van der Waals surface area contributed by atoms with E-state index in [-0.39, 0.29) is 0 Å². The van der Waals surface area contributed by atoms with Gasteiger partial charge in [0.05, 0.1) is 0 Å². The van der Waals surface area contributed by atoms with E-state index < -0.39 is 0 Å². The quantitative estimate of drug-likeness (QED) is 0.537. The first-order chi connectivity index (χ1) is 10.3. The van der Waals surface area contributed by atoms with Gasteiger partial charge >= 0.3 is 126 Å². The van der Waals surface area contributed by atoms with Crippen molar-refractivity contribution in [1.82, 2.24) is 24.3 Å². The van der Waals surface area contributed by atoms with Crippen LogP contribution in [-0.4, -0.2) is 39.3 Å². The van der Waals surface area contributed by atoms with Crippen LogP contribution in [-0.2, 0) is 5.32 Å². The number of fused-ring (bicyclic) bond motifs is 3. The summed E-state index contributed by atoms with van der Waals surface area (Å²) in [4.78, 5) is 16.2. The van der Waals surface area contributed by atoms with Crippen LogP contribution in [0.5, 0.6) is 0 Å². The van der Waals surface area contributed by atoms with Gasteiger partial charge in [-0.3, -0.25) is 0 Å². The van der Waals surface area contributed by atoms with Crippen LogP contribution in [0.2, 0.25) is 0 Å². The first-order valence-corrected chi connectivity index (χ1v) is 8.52. The van der Waals surface area contributed by atoms with E-state index in [1.54, 1.807) is 12.7 Å². The normalized spacial score (nSPS) is 11.4. The van der Waals surface area contributed by atoms with E-state index in [4.69, 9.17) is 5.73 Å². The molecule has 0 amide bonds. The van der Waals surface area contributed by atoms with E-state index in [1.807, 2.05) is 10.5 Å². The zero-order chi connectivity index (χ0) is 14.2. The van der Waals surface area contributed by atoms with Gasteiger partial charge in [0.1, 0.15) is 0 Å². The summed E-state index contributed by atoms with van der Waals surface area (Å²) in [5.41, 5.74) is 9.39. The zero-order valence-corrected chi connectivity index (χ0v) is 12.7. The molecule has 0 aliphatic rings. The van der Waals surface area contributed by atoms with E-state index in [2.05, 4.69) is 44.2 Å². The molecule has 21 heavy (non-hydrogen) atoms. The van der Waals surface area contributed by atoms with Gasteiger partial charge in [0.15, 0.2) is 0 Å². The number of H-pyrrole nitrogens is 1. The predicted molar refractivity (Wildman–Crippen MR) is 82.6 cm³/mol. The Bertz CT molecular complexity index is 911. The summed E-state index contributed by atoms with van der Waals surface area (Å²) >= 11 is 0.313. The predicted octanol–water partition coefficient (Wildman–Crippen LogP) is 0.717. The summed E-state index contributed by atoms with van der Waals surface area (Å²) < 4.78 is 3.16. The second kappa shape index (κ2) is 4.87. The van der Waals surface area contributed by atoms with Crippen molar-refractivity contribution < 1.29 is 0 Å². The van der Waals surface area contributed by atoms with Gasteiger partial charge in [-0.15, -0.1) is 0 Å². The van der Waals surface area contributed by atoms with Crippen molar-refractivity contribution in [3.8, 4) is 0 Å². The number of hydrogen-bond donors (Lipinski definition) is 2. The summed E-state index contributed by atoms with van der Waals surface area (Å²) in [6.07, 6.45) is 3.30. The molecule has 0 aliphatic heterocycles. The molecule has 3 heterocycles. The Hall–Kier alpha value is -2.37. The van der Waals surface area contributed by atoms with Crippen LogP contribution < -0.4 is 10.2 Å². The summed E-state index contributed by atoms with van der Waals surface area (Å²) in [7, 11) is 0. The number of aromatic amines is 1. The van der Waals surface area contributed by atoms with Crippen LogP contribution >= 0.6 is 0 Å². The minimum absolute atomic E-state index is 0.313. The summed E-state index contributed by atoms with van der Waals surface area (Å²) in [5.74, 6) is 0.659. The fourth-order valence-electron chi connectivity index (χ4n) is 2.22. The van der Waals surface area contributed by atoms with Crippen molar-refractivity contribution in [1.29, 1.82) is 0 Å². The molecule has 0 fully saturated rings. The van der Waals surface area contributed by atoms with Gasteiger partial charge in [0.2, 0.25) is 0 Å². The van der Waals surface area contributed by atoms with E-state index in [0.717, 1.165) is 22.2 Å². The second-order valence-corrected chi connectivity index (χ2v) is 6.79. The molecule has 7 heteroatoms. The number of benzene rings is 1. The van der Waals surface area contributed by atoms with E-state index in [9.17, 15) is 0 Å². The van der Waals surface area contributed by atoms with Crippen LogP contribution in [0.3, 0.4) is 0 Å². The van der Waals surface area contributed by atoms with Crippen molar-refractivity contribution in [2.24, 2.45) is 0 Å². The maximum absolute atomic E-state index is 6.20. The van der Waals surface area contributed by atoms with Crippen LogP contribution in [0.15, 0.2) is 43.0 Å². The SMILES string of the molecule is Nc1c(C[Se]c2ccccc2)nc2c3[nH]cnc3ncn12. The molecule has 6 nitrogen and oxygen atoms in total. The first kappa shape index (κ1) is 12.4. The van der Waals surface area contributed by atoms with Crippen LogP contribution in [0, 0.1) is 0 Å². The van der Waals surface area contributed by atoms with Gasteiger partial charge < -0.3 is 0 Å². The van der Waals surface area contributed by atoms with Gasteiger partial charge in [-0.2, -0.15) is 0 Å². The number of anilines is 1. The van der Waals surface area contributed by atoms with Gasteiger partial charge in [0.25, 0.3) is 0 Å². The Morgan fingerprint density at radius 3 is 2.90 bits per heavy atom. The number of nitrogen functional groups attached to an aromatic ring is 1. The molecule has 0 saturated carbocycles. The number of rotatable bonds is 3. The Morgan fingerprint density at radius 2 is 2.05 bits per heavy atom. The second-order valence-electron chi connectivity index (χ2n) is 4.58. The van der Waals surface area contributed by atoms with Crippen molar-refractivity contribution in [3.63, 3.8) is 0 Å². The van der Waals surface area contributed by atoms with Gasteiger partial charge in [-0.1, -0.05) is 0 Å². The molecule has 104 valence electrons. The van der Waals surface area contributed by atoms with Gasteiger partial charge in [-0.05, 0) is 0 Å². The standard InChI is InChI=1S/C14H12N6Se/c15-12-10(6-21-9-4-2-1-3-5-9)19-14-11-13(17-7-16-11)18-8-20(12)14/h1-5,7-8H,6,15H2,(H,16,17). The molecule has 4 rings (SSSR count). The molecule has 1 aromatic carbocycles. The minimum atomic E-state index is 0.313. The van der Waals surface area contributed by atoms with E-state index in [0.29, 0.717) is 26.4 Å². The molecule has 0 radical (unpaired) electrons. The van der Waals surface area contributed by atoms with Crippen molar-refractivity contribution in [3.05, 3.63) is 48.7 Å². The fourth-order valence-corrected chi connectivity index (χ4v) is 4.04. The number of imidazole rings is 2. The number of nitrogens with two attached hydrogens (primary N) is 1. The molecule has 4 aromatic rings. The summed E-state index contributed by atoms with van der Waals surface area (Å²) in [5, 5.41) is 0.861. The molecule has 3 N–H and O–H groups in total. The van der Waals surface area contributed by atoms with Gasteiger partial charge in [-0.25, -0.2) is 0 Å². The van der Waals surface area contributed by atoms with E-state index >= 15 is 0 Å². The Labute approximate surface area is 126 Å². The zero-order valence-electron chi connectivity index (χ0n) is 11.0. The monoisotopic (exact) mass is 344 g/mol. The third-order valence-electron chi connectivity index (χ3n) is 3.28. The topological polar surface area (TPSA) is 84.9 Å². The maximum atomic E-state index is 6.20. The van der Waals surface area contributed by atoms with Crippen molar-refractivity contribution in [2.75, 3.05) is 5.73 Å². The average molecular weight is 343 g/mol. The van der Waals surface area contributed by atoms with Crippen LogP contribution in [0.25, 0.3) is 16.8 Å². The number of hydrogen-bond acceptors (Lipinski definition) is 4. The van der Waals surface area contributed by atoms with Crippen molar-refractivity contribution in [2.45, 2.75) is 5.32 Å². The van der Waals surface area contributed by atoms with Crippen molar-refractivity contribution >= 4 is 42.0 Å². The molecule has 3 aromatic heterocycles. The summed E-state index contributed by atoms with van der Waals surface area (Å²) in [6.45, 7) is 0. The number of aromatic nitrogens is 5. The average Bonchev–Trinajstić information content (AvgIpc) is 3.11. The first-order valence-electron chi connectivity index (χ1n) is 6.45. The Kier molecular flexibility index (Phi) is 2.87. The fraction of sp³-hybridized carbons (Fsp3) is 0.0714. The Balaban J connectivity index is 1.73. The molecule has 0 spiro atoms. The summed E-state index contributed by atoms with van der Waals surface area (Å²) in [6, 6.07) is 10.4. The van der Waals surface area contributed by atoms with Crippen LogP contribution in [0.4, 0.5) is 5.82 Å². The Morgan fingerprint density at radius 1 is 1.19 bits per heavy atom. The molecular formula is C14H12N6Se. The van der Waals surface area contributed by atoms with Crippen LogP contribution in [0.1, 0.15) is 5.69 Å². The molecular weight excluding hydrogens is 331 g/mol. The molecule has 0 aliphatic carbocycles. The number of nitrogens with zero attached hydrogens (tertiary/aromatic N) is 4. The van der Waals surface area contributed by atoms with Gasteiger partial charge in [0, 0.05) is 0 Å². The van der Waals surface area contributed by atoms with E-state index in [1.165, 1.54) is 4.46 Å². The molecule has 0 bridgehead atoms. The molecule has 0 saturated heterocycles. The number of nitrogens with one attached hydrogen (secondary N) is 1. The third-order valence-corrected chi connectivity index (χ3v) is 5.43. The third kappa shape index (κ3) is 2.07. The molecule has 0 atom stereocenters. The molecule has 0 unspecified atom stereocenters.